The van der Waals surface area contributed by atoms with E-state index in [1.807, 2.05) is 12.1 Å². The van der Waals surface area contributed by atoms with Gasteiger partial charge >= 0.3 is 0 Å². The van der Waals surface area contributed by atoms with Crippen LogP contribution in [0, 0.1) is 0 Å². The van der Waals surface area contributed by atoms with Gasteiger partial charge in [0.15, 0.2) is 0 Å². The molecule has 22 heavy (non-hydrogen) atoms. The molecule has 116 valence electrons. The minimum Gasteiger partial charge on any atom is -0.497 e. The van der Waals surface area contributed by atoms with E-state index in [0.29, 0.717) is 5.88 Å². The van der Waals surface area contributed by atoms with Crippen LogP contribution in [0.15, 0.2) is 36.5 Å². The fraction of sp³-hybridized carbons (Fsp3) is 0.375. The van der Waals surface area contributed by atoms with Gasteiger partial charge in [-0.1, -0.05) is 0 Å². The third-order valence-corrected chi connectivity index (χ3v) is 3.83. The first kappa shape index (κ1) is 14.4. The number of piperazine rings is 1. The number of methoxy groups -OCH3 is 2. The zero-order chi connectivity index (χ0) is 15.4. The molecule has 1 aliphatic rings. The summed E-state index contributed by atoms with van der Waals surface area (Å²) < 4.78 is 10.4. The van der Waals surface area contributed by atoms with Crippen LogP contribution in [0.3, 0.4) is 0 Å². The summed E-state index contributed by atoms with van der Waals surface area (Å²) in [5, 5.41) is 0. The molecule has 0 aliphatic carbocycles. The van der Waals surface area contributed by atoms with Crippen LogP contribution < -0.4 is 19.3 Å². The Labute approximate surface area is 130 Å². The lowest BCUT2D eigenvalue weighted by molar-refractivity contribution is 0.396. The van der Waals surface area contributed by atoms with Gasteiger partial charge < -0.3 is 19.3 Å². The molecule has 2 heterocycles. The van der Waals surface area contributed by atoms with E-state index in [-0.39, 0.29) is 0 Å². The van der Waals surface area contributed by atoms with Crippen LogP contribution in [0.2, 0.25) is 0 Å². The summed E-state index contributed by atoms with van der Waals surface area (Å²) in [6.45, 7) is 3.65. The molecular weight excluding hydrogens is 280 g/mol. The molecule has 0 N–H and O–H groups in total. The minimum atomic E-state index is 0.600. The van der Waals surface area contributed by atoms with Crippen molar-refractivity contribution in [2.24, 2.45) is 0 Å². The molecule has 0 amide bonds. The maximum Gasteiger partial charge on any atom is 0.228 e. The molecule has 0 radical (unpaired) electrons. The van der Waals surface area contributed by atoms with E-state index in [1.54, 1.807) is 26.5 Å². The maximum absolute atomic E-state index is 5.20. The van der Waals surface area contributed by atoms with Crippen LogP contribution in [-0.2, 0) is 0 Å². The average Bonchev–Trinajstić information content (AvgIpc) is 2.62. The predicted molar refractivity (Wildman–Crippen MR) is 86.0 cm³/mol. The number of aromatic nitrogens is 2. The lowest BCUT2D eigenvalue weighted by atomic mass is 10.2. The maximum atomic E-state index is 5.20. The highest BCUT2D eigenvalue weighted by Gasteiger charge is 2.19. The van der Waals surface area contributed by atoms with Gasteiger partial charge in [-0.05, 0) is 24.3 Å². The lowest BCUT2D eigenvalue weighted by Crippen LogP contribution is -2.47. The number of nitrogens with zero attached hydrogens (tertiary/aromatic N) is 4. The summed E-state index contributed by atoms with van der Waals surface area (Å²) in [5.74, 6) is 2.21. The Balaban J connectivity index is 1.64. The number of ether oxygens (including phenoxy) is 2. The quantitative estimate of drug-likeness (QED) is 0.858. The van der Waals surface area contributed by atoms with E-state index in [2.05, 4.69) is 31.9 Å². The van der Waals surface area contributed by atoms with Crippen LogP contribution >= 0.6 is 0 Å². The first-order valence-electron chi connectivity index (χ1n) is 7.31. The minimum absolute atomic E-state index is 0.600. The molecule has 0 saturated carbocycles. The van der Waals surface area contributed by atoms with Crippen molar-refractivity contribution >= 4 is 11.6 Å². The predicted octanol–water partition coefficient (Wildman–Crippen LogP) is 1.82. The van der Waals surface area contributed by atoms with Crippen molar-refractivity contribution in [1.29, 1.82) is 0 Å². The SMILES string of the molecule is COc1ccc(N2CCN(c3nccc(OC)n3)CC2)cc1. The average molecular weight is 300 g/mol. The van der Waals surface area contributed by atoms with Gasteiger partial charge in [-0.2, -0.15) is 4.98 Å². The van der Waals surface area contributed by atoms with Crippen LogP contribution in [0.1, 0.15) is 0 Å². The Kier molecular flexibility index (Phi) is 4.27. The molecule has 3 rings (SSSR count). The third kappa shape index (κ3) is 3.05. The van der Waals surface area contributed by atoms with Crippen LogP contribution in [-0.4, -0.2) is 50.4 Å². The molecule has 6 nitrogen and oxygen atoms in total. The molecule has 1 aromatic heterocycles. The van der Waals surface area contributed by atoms with Gasteiger partial charge in [0, 0.05) is 44.1 Å². The second-order valence-electron chi connectivity index (χ2n) is 5.07. The van der Waals surface area contributed by atoms with Gasteiger partial charge in [0.25, 0.3) is 0 Å². The summed E-state index contributed by atoms with van der Waals surface area (Å²) in [6, 6.07) is 9.93. The Morgan fingerprint density at radius 1 is 0.864 bits per heavy atom. The molecule has 1 saturated heterocycles. The van der Waals surface area contributed by atoms with Gasteiger partial charge in [0.2, 0.25) is 11.8 Å². The summed E-state index contributed by atoms with van der Waals surface area (Å²) in [5.41, 5.74) is 1.21. The second kappa shape index (κ2) is 6.51. The van der Waals surface area contributed by atoms with Crippen molar-refractivity contribution in [3.05, 3.63) is 36.5 Å². The first-order chi connectivity index (χ1) is 10.8. The van der Waals surface area contributed by atoms with Crippen molar-refractivity contribution in [2.75, 3.05) is 50.2 Å². The number of hydrogen-bond donors (Lipinski definition) is 0. The van der Waals surface area contributed by atoms with Crippen LogP contribution in [0.4, 0.5) is 11.6 Å². The largest absolute Gasteiger partial charge is 0.497 e. The van der Waals surface area contributed by atoms with E-state index in [0.717, 1.165) is 37.9 Å². The topological polar surface area (TPSA) is 50.7 Å². The van der Waals surface area contributed by atoms with E-state index in [9.17, 15) is 0 Å². The molecular formula is C16H20N4O2. The molecule has 0 unspecified atom stereocenters. The number of rotatable bonds is 4. The van der Waals surface area contributed by atoms with Crippen molar-refractivity contribution in [3.63, 3.8) is 0 Å². The van der Waals surface area contributed by atoms with Crippen molar-refractivity contribution in [3.8, 4) is 11.6 Å². The van der Waals surface area contributed by atoms with Crippen molar-refractivity contribution in [2.45, 2.75) is 0 Å². The molecule has 0 bridgehead atoms. The smallest absolute Gasteiger partial charge is 0.228 e. The summed E-state index contributed by atoms with van der Waals surface area (Å²) >= 11 is 0. The molecule has 6 heteroatoms. The second-order valence-corrected chi connectivity index (χ2v) is 5.07. The number of anilines is 2. The van der Waals surface area contributed by atoms with E-state index in [4.69, 9.17) is 9.47 Å². The molecule has 2 aromatic rings. The normalized spacial score (nSPS) is 14.8. The van der Waals surface area contributed by atoms with Gasteiger partial charge in [0.1, 0.15) is 5.75 Å². The first-order valence-corrected chi connectivity index (χ1v) is 7.31. The van der Waals surface area contributed by atoms with Crippen LogP contribution in [0.25, 0.3) is 0 Å². The number of hydrogen-bond acceptors (Lipinski definition) is 6. The van der Waals surface area contributed by atoms with Crippen molar-refractivity contribution < 1.29 is 9.47 Å². The summed E-state index contributed by atoms with van der Waals surface area (Å²) in [7, 11) is 3.30. The van der Waals surface area contributed by atoms with E-state index >= 15 is 0 Å². The summed E-state index contributed by atoms with van der Waals surface area (Å²) in [6.07, 6.45) is 1.73. The standard InChI is InChI=1S/C16H20N4O2/c1-21-14-5-3-13(4-6-14)19-9-11-20(12-10-19)16-17-8-7-15(18-16)22-2/h3-8H,9-12H2,1-2H3. The zero-order valence-electron chi connectivity index (χ0n) is 12.9. The zero-order valence-corrected chi connectivity index (χ0v) is 12.9. The van der Waals surface area contributed by atoms with E-state index in [1.165, 1.54) is 5.69 Å². The molecule has 1 aliphatic heterocycles. The third-order valence-electron chi connectivity index (χ3n) is 3.83. The van der Waals surface area contributed by atoms with E-state index < -0.39 is 0 Å². The Hall–Kier alpha value is -2.50. The molecule has 1 aromatic carbocycles. The van der Waals surface area contributed by atoms with Gasteiger partial charge in [-0.3, -0.25) is 0 Å². The fourth-order valence-corrected chi connectivity index (χ4v) is 2.56. The van der Waals surface area contributed by atoms with Gasteiger partial charge in [-0.25, -0.2) is 4.98 Å². The monoisotopic (exact) mass is 300 g/mol. The van der Waals surface area contributed by atoms with Gasteiger partial charge in [-0.15, -0.1) is 0 Å². The summed E-state index contributed by atoms with van der Waals surface area (Å²) in [4.78, 5) is 13.3. The Bertz CT molecular complexity index is 610. The number of benzene rings is 1. The molecule has 0 atom stereocenters. The Morgan fingerprint density at radius 3 is 2.18 bits per heavy atom. The Morgan fingerprint density at radius 2 is 1.55 bits per heavy atom. The van der Waals surface area contributed by atoms with Gasteiger partial charge in [0.05, 0.1) is 14.2 Å². The van der Waals surface area contributed by atoms with Crippen molar-refractivity contribution in [1.82, 2.24) is 9.97 Å². The lowest BCUT2D eigenvalue weighted by Gasteiger charge is -2.36. The highest BCUT2D eigenvalue weighted by molar-refractivity contribution is 5.50. The highest BCUT2D eigenvalue weighted by Crippen LogP contribution is 2.22. The highest BCUT2D eigenvalue weighted by atomic mass is 16.5. The molecule has 0 spiro atoms. The molecule has 1 fully saturated rings. The fourth-order valence-electron chi connectivity index (χ4n) is 2.56. The van der Waals surface area contributed by atoms with Crippen LogP contribution in [0.5, 0.6) is 11.6 Å².